The molecule has 0 radical (unpaired) electrons. The summed E-state index contributed by atoms with van der Waals surface area (Å²) in [6, 6.07) is 2.86. The number of aromatic hydroxyl groups is 2. The number of fused-ring (bicyclic) bond motifs is 4. The van der Waals surface area contributed by atoms with E-state index in [2.05, 4.69) is 0 Å². The molecule has 7 nitrogen and oxygen atoms in total. The largest absolute Gasteiger partial charge is 0.507 e. The van der Waals surface area contributed by atoms with E-state index in [0.29, 0.717) is 10.9 Å². The highest BCUT2D eigenvalue weighted by atomic mass is 16.5. The standard InChI is InChI=1S/C21H20O7/c1-8-5-10-13-9(7-12(22)14(10)18(25)28-8)6-11-15(16(13)23)17(24)21(4,27)19(26)20(11,2)3/h6-8,22-23,27H,5H2,1-4H3. The number of carbonyl (C=O) groups is 3. The number of phenols is 2. The van der Waals surface area contributed by atoms with Gasteiger partial charge in [0.2, 0.25) is 5.78 Å². The van der Waals surface area contributed by atoms with Crippen molar-refractivity contribution in [2.45, 2.75) is 51.2 Å². The van der Waals surface area contributed by atoms with Crippen molar-refractivity contribution in [2.75, 3.05) is 0 Å². The highest BCUT2D eigenvalue weighted by Gasteiger charge is 2.54. The first-order valence-electron chi connectivity index (χ1n) is 8.97. The Kier molecular flexibility index (Phi) is 3.50. The molecule has 3 N–H and O–H groups in total. The Morgan fingerprint density at radius 3 is 2.36 bits per heavy atom. The van der Waals surface area contributed by atoms with E-state index < -0.39 is 40.4 Å². The number of hydrogen-bond acceptors (Lipinski definition) is 7. The van der Waals surface area contributed by atoms with Crippen LogP contribution in [0.1, 0.15) is 59.5 Å². The fraction of sp³-hybridized carbons (Fsp3) is 0.381. The molecule has 2 aromatic carbocycles. The average Bonchev–Trinajstić information content (AvgIpc) is 2.58. The molecule has 0 bridgehead atoms. The quantitative estimate of drug-likeness (QED) is 0.470. The van der Waals surface area contributed by atoms with Crippen LogP contribution < -0.4 is 0 Å². The summed E-state index contributed by atoms with van der Waals surface area (Å²) >= 11 is 0. The Bertz CT molecular complexity index is 1110. The molecule has 0 aromatic heterocycles. The van der Waals surface area contributed by atoms with Crippen LogP contribution in [-0.2, 0) is 21.4 Å². The Balaban J connectivity index is 2.17. The van der Waals surface area contributed by atoms with Crippen molar-refractivity contribution in [1.82, 2.24) is 0 Å². The number of hydrogen-bond donors (Lipinski definition) is 3. The second-order valence-corrected chi connectivity index (χ2v) is 8.27. The average molecular weight is 384 g/mol. The summed E-state index contributed by atoms with van der Waals surface area (Å²) in [4.78, 5) is 37.9. The number of Topliss-reactive ketones (excluding diaryl/α,β-unsaturated/α-hetero) is 2. The maximum absolute atomic E-state index is 12.9. The van der Waals surface area contributed by atoms with Crippen LogP contribution >= 0.6 is 0 Å². The van der Waals surface area contributed by atoms with Crippen molar-refractivity contribution < 1.29 is 34.4 Å². The van der Waals surface area contributed by atoms with Gasteiger partial charge in [0.05, 0.1) is 11.0 Å². The van der Waals surface area contributed by atoms with Crippen molar-refractivity contribution in [3.05, 3.63) is 34.4 Å². The minimum absolute atomic E-state index is 0.0498. The molecule has 0 spiro atoms. The SMILES string of the molecule is CC1Cc2c(c(O)cc3cc4c(c(O)c23)C(=O)C(C)(O)C(=O)C4(C)C)C(=O)O1. The van der Waals surface area contributed by atoms with E-state index in [0.717, 1.165) is 6.92 Å². The van der Waals surface area contributed by atoms with E-state index in [1.165, 1.54) is 6.07 Å². The first-order valence-corrected chi connectivity index (χ1v) is 8.97. The topological polar surface area (TPSA) is 121 Å². The molecular weight excluding hydrogens is 364 g/mol. The first-order chi connectivity index (χ1) is 12.9. The predicted octanol–water partition coefficient (Wildman–Crippen LogP) is 2.15. The summed E-state index contributed by atoms with van der Waals surface area (Å²) in [5.74, 6) is -2.97. The molecule has 7 heteroatoms. The minimum atomic E-state index is -2.27. The van der Waals surface area contributed by atoms with Gasteiger partial charge in [-0.05, 0) is 56.3 Å². The van der Waals surface area contributed by atoms with Gasteiger partial charge in [-0.2, -0.15) is 0 Å². The van der Waals surface area contributed by atoms with Gasteiger partial charge in [-0.1, -0.05) is 0 Å². The first kappa shape index (κ1) is 18.4. The highest BCUT2D eigenvalue weighted by molar-refractivity contribution is 6.26. The predicted molar refractivity (Wildman–Crippen MR) is 98.8 cm³/mol. The molecule has 2 unspecified atom stereocenters. The number of ketones is 2. The lowest BCUT2D eigenvalue weighted by molar-refractivity contribution is -0.137. The summed E-state index contributed by atoms with van der Waals surface area (Å²) < 4.78 is 5.16. The fourth-order valence-electron chi connectivity index (χ4n) is 4.42. The molecule has 146 valence electrons. The summed E-state index contributed by atoms with van der Waals surface area (Å²) in [5.41, 5.74) is -3.06. The van der Waals surface area contributed by atoms with Gasteiger partial charge in [0.15, 0.2) is 11.4 Å². The molecule has 0 fully saturated rings. The third-order valence-electron chi connectivity index (χ3n) is 5.84. The van der Waals surface area contributed by atoms with Crippen LogP contribution in [0.5, 0.6) is 11.5 Å². The molecule has 0 saturated carbocycles. The zero-order valence-electron chi connectivity index (χ0n) is 15.9. The van der Waals surface area contributed by atoms with Crippen molar-refractivity contribution in [2.24, 2.45) is 0 Å². The van der Waals surface area contributed by atoms with Crippen LogP contribution in [0.25, 0.3) is 10.8 Å². The van der Waals surface area contributed by atoms with Gasteiger partial charge in [-0.15, -0.1) is 0 Å². The van der Waals surface area contributed by atoms with Gasteiger partial charge in [-0.3, -0.25) is 9.59 Å². The number of aliphatic hydroxyl groups is 1. The van der Waals surface area contributed by atoms with E-state index in [-0.39, 0.29) is 34.2 Å². The summed E-state index contributed by atoms with van der Waals surface area (Å²) in [6.07, 6.45) is -0.233. The molecule has 2 aliphatic rings. The van der Waals surface area contributed by atoms with Crippen LogP contribution in [0.15, 0.2) is 12.1 Å². The zero-order valence-corrected chi connectivity index (χ0v) is 15.9. The van der Waals surface area contributed by atoms with E-state index in [1.54, 1.807) is 26.8 Å². The van der Waals surface area contributed by atoms with Gasteiger partial charge < -0.3 is 20.1 Å². The van der Waals surface area contributed by atoms with Crippen molar-refractivity contribution in [1.29, 1.82) is 0 Å². The van der Waals surface area contributed by atoms with E-state index in [4.69, 9.17) is 4.74 Å². The summed E-state index contributed by atoms with van der Waals surface area (Å²) in [5, 5.41) is 32.6. The third-order valence-corrected chi connectivity index (χ3v) is 5.84. The normalized spacial score (nSPS) is 26.0. The van der Waals surface area contributed by atoms with Crippen molar-refractivity contribution >= 4 is 28.3 Å². The number of esters is 1. The molecule has 2 aromatic rings. The van der Waals surface area contributed by atoms with Crippen molar-refractivity contribution in [3.8, 4) is 11.5 Å². The number of benzene rings is 2. The van der Waals surface area contributed by atoms with Gasteiger partial charge in [0.25, 0.3) is 0 Å². The second-order valence-electron chi connectivity index (χ2n) is 8.27. The van der Waals surface area contributed by atoms with E-state index in [1.807, 2.05) is 0 Å². The highest BCUT2D eigenvalue weighted by Crippen LogP contribution is 2.48. The monoisotopic (exact) mass is 384 g/mol. The lowest BCUT2D eigenvalue weighted by Gasteiger charge is -2.39. The second kappa shape index (κ2) is 5.32. The Labute approximate surface area is 160 Å². The van der Waals surface area contributed by atoms with Crippen LogP contribution in [0.4, 0.5) is 0 Å². The number of carbonyl (C=O) groups excluding carboxylic acids is 3. The molecule has 1 aliphatic heterocycles. The molecule has 4 rings (SSSR count). The molecule has 2 atom stereocenters. The number of rotatable bonds is 0. The lowest BCUT2D eigenvalue weighted by atomic mass is 9.64. The Morgan fingerprint density at radius 1 is 1.07 bits per heavy atom. The Morgan fingerprint density at radius 2 is 1.71 bits per heavy atom. The van der Waals surface area contributed by atoms with E-state index in [9.17, 15) is 29.7 Å². The zero-order chi connectivity index (χ0) is 20.8. The number of cyclic esters (lactones) is 1. The molecule has 1 aliphatic carbocycles. The minimum Gasteiger partial charge on any atom is -0.507 e. The molecule has 0 saturated heterocycles. The van der Waals surface area contributed by atoms with Crippen LogP contribution in [0, 0.1) is 0 Å². The fourth-order valence-corrected chi connectivity index (χ4v) is 4.42. The van der Waals surface area contributed by atoms with E-state index >= 15 is 0 Å². The maximum Gasteiger partial charge on any atom is 0.342 e. The number of ether oxygens (including phenoxy) is 1. The van der Waals surface area contributed by atoms with Crippen molar-refractivity contribution in [3.63, 3.8) is 0 Å². The van der Waals surface area contributed by atoms with Gasteiger partial charge in [-0.25, -0.2) is 4.79 Å². The van der Waals surface area contributed by atoms with Crippen LogP contribution in [-0.4, -0.2) is 44.6 Å². The molecule has 0 amide bonds. The lowest BCUT2D eigenvalue weighted by Crippen LogP contribution is -2.56. The van der Waals surface area contributed by atoms with Gasteiger partial charge in [0.1, 0.15) is 23.2 Å². The smallest absolute Gasteiger partial charge is 0.342 e. The molecular formula is C21H20O7. The summed E-state index contributed by atoms with van der Waals surface area (Å²) in [6.45, 7) is 5.94. The Hall–Kier alpha value is -2.93. The van der Waals surface area contributed by atoms with Gasteiger partial charge >= 0.3 is 5.97 Å². The molecule has 1 heterocycles. The molecule has 28 heavy (non-hydrogen) atoms. The maximum atomic E-state index is 12.9. The van der Waals surface area contributed by atoms with Gasteiger partial charge in [0, 0.05) is 11.8 Å². The van der Waals surface area contributed by atoms with Crippen LogP contribution in [0.2, 0.25) is 0 Å². The summed E-state index contributed by atoms with van der Waals surface area (Å²) in [7, 11) is 0. The van der Waals surface area contributed by atoms with Crippen LogP contribution in [0.3, 0.4) is 0 Å². The third kappa shape index (κ3) is 2.10. The number of phenolic OH excluding ortho intramolecular Hbond substituents is 2.